The smallest absolute Gasteiger partial charge is 0.281 e. The normalized spacial score (nSPS) is 14.2. The van der Waals surface area contributed by atoms with Crippen LogP contribution < -0.4 is 10.0 Å². The molecule has 2 N–H and O–H groups in total. The molecule has 0 spiro atoms. The van der Waals surface area contributed by atoms with Crippen LogP contribution in [0, 0.1) is 0 Å². The van der Waals surface area contributed by atoms with Crippen molar-refractivity contribution in [3.05, 3.63) is 46.1 Å². The van der Waals surface area contributed by atoms with Crippen molar-refractivity contribution in [3.8, 4) is 0 Å². The lowest BCUT2D eigenvalue weighted by molar-refractivity contribution is 0.596. The highest BCUT2D eigenvalue weighted by molar-refractivity contribution is 7.92. The van der Waals surface area contributed by atoms with Gasteiger partial charge in [0.25, 0.3) is 10.0 Å². The van der Waals surface area contributed by atoms with Crippen molar-refractivity contribution in [1.82, 2.24) is 14.7 Å². The van der Waals surface area contributed by atoms with Crippen LogP contribution in [0.5, 0.6) is 0 Å². The van der Waals surface area contributed by atoms with Crippen molar-refractivity contribution < 1.29 is 8.42 Å². The van der Waals surface area contributed by atoms with E-state index in [0.29, 0.717) is 10.6 Å². The molecule has 1 aliphatic rings. The van der Waals surface area contributed by atoms with Crippen LogP contribution in [0.2, 0.25) is 5.15 Å². The molecule has 0 aliphatic carbocycles. The first-order chi connectivity index (χ1) is 11.0. The van der Waals surface area contributed by atoms with E-state index in [1.807, 2.05) is 12.1 Å². The van der Waals surface area contributed by atoms with Crippen LogP contribution in [0.15, 0.2) is 34.8 Å². The van der Waals surface area contributed by atoms with E-state index in [1.165, 1.54) is 21.3 Å². The van der Waals surface area contributed by atoms with Gasteiger partial charge < -0.3 is 5.32 Å². The summed E-state index contributed by atoms with van der Waals surface area (Å²) in [7, 11) is -3.81. The maximum atomic E-state index is 12.7. The summed E-state index contributed by atoms with van der Waals surface area (Å²) in [6.45, 7) is 1.71. The van der Waals surface area contributed by atoms with Crippen molar-refractivity contribution in [3.63, 3.8) is 0 Å². The molecule has 3 aromatic rings. The van der Waals surface area contributed by atoms with Gasteiger partial charge in [-0.1, -0.05) is 17.7 Å². The Morgan fingerprint density at radius 2 is 2.17 bits per heavy atom. The minimum atomic E-state index is -3.81. The Labute approximate surface area is 154 Å². The fourth-order valence-corrected chi connectivity index (χ4v) is 5.23. The third-order valence-corrected chi connectivity index (χ3v) is 6.31. The van der Waals surface area contributed by atoms with Crippen LogP contribution in [-0.4, -0.2) is 24.3 Å². The number of anilines is 1. The second-order valence-electron chi connectivity index (χ2n) is 5.28. The zero-order valence-electron chi connectivity index (χ0n) is 12.3. The largest absolute Gasteiger partial charge is 0.312 e. The van der Waals surface area contributed by atoms with E-state index in [4.69, 9.17) is 11.6 Å². The molecule has 4 rings (SSSR count). The van der Waals surface area contributed by atoms with E-state index >= 15 is 0 Å². The average molecular weight is 405 g/mol. The summed E-state index contributed by atoms with van der Waals surface area (Å²) in [5, 5.41) is 5.00. The van der Waals surface area contributed by atoms with Crippen molar-refractivity contribution in [2.45, 2.75) is 18.0 Å². The van der Waals surface area contributed by atoms with E-state index in [-0.39, 0.29) is 22.6 Å². The topological polar surface area (TPSA) is 75.5 Å². The lowest BCUT2D eigenvalue weighted by Gasteiger charge is -2.18. The summed E-state index contributed by atoms with van der Waals surface area (Å²) < 4.78 is 29.5. The van der Waals surface area contributed by atoms with Gasteiger partial charge in [0, 0.05) is 23.8 Å². The highest BCUT2D eigenvalue weighted by Crippen LogP contribution is 2.28. The predicted octanol–water partition coefficient (Wildman–Crippen LogP) is 2.92. The third-order valence-electron chi connectivity index (χ3n) is 3.78. The Bertz CT molecular complexity index is 998. The maximum Gasteiger partial charge on any atom is 0.281 e. The monoisotopic (exact) mass is 404 g/mol. The molecule has 1 aromatic carbocycles. The number of nitrogens with zero attached hydrogens (tertiary/aromatic N) is 2. The maximum absolute atomic E-state index is 12.7. The van der Waals surface area contributed by atoms with E-state index in [9.17, 15) is 8.42 Å². The number of rotatable bonds is 3. The van der Waals surface area contributed by atoms with Gasteiger partial charge in [0.15, 0.2) is 15.1 Å². The van der Waals surface area contributed by atoms with Crippen LogP contribution in [0.4, 0.5) is 5.69 Å². The van der Waals surface area contributed by atoms with E-state index in [0.717, 1.165) is 25.1 Å². The third kappa shape index (κ3) is 3.00. The summed E-state index contributed by atoms with van der Waals surface area (Å²) in [6, 6.07) is 5.59. The molecule has 0 bridgehead atoms. The number of imidazole rings is 1. The molecule has 0 unspecified atom stereocenters. The number of sulfonamides is 1. The first-order valence-electron chi connectivity index (χ1n) is 7.01. The van der Waals surface area contributed by atoms with Crippen LogP contribution in [-0.2, 0) is 23.0 Å². The van der Waals surface area contributed by atoms with E-state index < -0.39 is 10.0 Å². The van der Waals surface area contributed by atoms with Gasteiger partial charge in [0.1, 0.15) is 0 Å². The Hall–Kier alpha value is -1.32. The standard InChI is InChI=1S/C14H13ClN4O2S2.ClH/c15-12-13(19-5-6-22-14(19)17-12)23(20,21)18-11-2-1-10-8-16-4-3-9(10)7-11;/h1-2,5-7,16,18H,3-4,8H2;1H. The molecule has 10 heteroatoms. The quantitative estimate of drug-likeness (QED) is 0.703. The van der Waals surface area contributed by atoms with Gasteiger partial charge in [-0.05, 0) is 36.2 Å². The summed E-state index contributed by atoms with van der Waals surface area (Å²) >= 11 is 7.35. The van der Waals surface area contributed by atoms with Crippen LogP contribution in [0.1, 0.15) is 11.1 Å². The molecule has 6 nitrogen and oxygen atoms in total. The van der Waals surface area contributed by atoms with Crippen molar-refractivity contribution in [2.75, 3.05) is 11.3 Å². The first kappa shape index (κ1) is 17.5. The first-order valence-corrected chi connectivity index (χ1v) is 9.75. The van der Waals surface area contributed by atoms with Crippen LogP contribution in [0.3, 0.4) is 0 Å². The van der Waals surface area contributed by atoms with Gasteiger partial charge >= 0.3 is 0 Å². The Kier molecular flexibility index (Phi) is 4.76. The molecule has 0 atom stereocenters. The van der Waals surface area contributed by atoms with Crippen LogP contribution >= 0.6 is 35.3 Å². The highest BCUT2D eigenvalue weighted by atomic mass is 35.5. The number of benzene rings is 1. The Morgan fingerprint density at radius 1 is 1.33 bits per heavy atom. The molecular formula is C14H14Cl2N4O2S2. The van der Waals surface area contributed by atoms with Gasteiger partial charge in [-0.15, -0.1) is 23.7 Å². The van der Waals surface area contributed by atoms with Gasteiger partial charge in [-0.3, -0.25) is 9.12 Å². The Balaban J connectivity index is 0.00000169. The number of thiazole rings is 1. The molecule has 24 heavy (non-hydrogen) atoms. The molecule has 0 amide bonds. The molecular weight excluding hydrogens is 391 g/mol. The van der Waals surface area contributed by atoms with Crippen LogP contribution in [0.25, 0.3) is 4.96 Å². The predicted molar refractivity (Wildman–Crippen MR) is 98.0 cm³/mol. The minimum absolute atomic E-state index is 0. The van der Waals surface area contributed by atoms with Crippen molar-refractivity contribution >= 4 is 56.0 Å². The number of halogens is 2. The summed E-state index contributed by atoms with van der Waals surface area (Å²) in [5.41, 5.74) is 2.89. The summed E-state index contributed by atoms with van der Waals surface area (Å²) in [4.78, 5) is 4.62. The number of hydrogen-bond donors (Lipinski definition) is 2. The fraction of sp³-hybridized carbons (Fsp3) is 0.214. The zero-order valence-corrected chi connectivity index (χ0v) is 15.5. The highest BCUT2D eigenvalue weighted by Gasteiger charge is 2.25. The number of nitrogens with one attached hydrogen (secondary N) is 2. The Morgan fingerprint density at radius 3 is 3.00 bits per heavy atom. The van der Waals surface area contributed by atoms with Gasteiger partial charge in [-0.2, -0.15) is 8.42 Å². The average Bonchev–Trinajstić information content (AvgIpc) is 3.06. The number of hydrogen-bond acceptors (Lipinski definition) is 5. The molecule has 0 saturated carbocycles. The molecule has 0 fully saturated rings. The fourth-order valence-electron chi connectivity index (χ4n) is 2.72. The SMILES string of the molecule is Cl.O=S(=O)(Nc1ccc2c(c1)CCNC2)c1c(Cl)nc2sccn12. The lowest BCUT2D eigenvalue weighted by Crippen LogP contribution is -2.24. The van der Waals surface area contributed by atoms with Gasteiger partial charge in [0.05, 0.1) is 0 Å². The van der Waals surface area contributed by atoms with E-state index in [2.05, 4.69) is 15.0 Å². The van der Waals surface area contributed by atoms with Crippen molar-refractivity contribution in [2.24, 2.45) is 0 Å². The molecule has 2 aromatic heterocycles. The molecule has 128 valence electrons. The zero-order chi connectivity index (χ0) is 16.0. The van der Waals surface area contributed by atoms with Gasteiger partial charge in [-0.25, -0.2) is 4.98 Å². The van der Waals surface area contributed by atoms with Gasteiger partial charge in [0.2, 0.25) is 0 Å². The van der Waals surface area contributed by atoms with E-state index in [1.54, 1.807) is 17.6 Å². The number of aromatic nitrogens is 2. The minimum Gasteiger partial charge on any atom is -0.312 e. The lowest BCUT2D eigenvalue weighted by atomic mass is 10.0. The molecule has 0 saturated heterocycles. The molecule has 1 aliphatic heterocycles. The second kappa shape index (κ2) is 6.53. The number of fused-ring (bicyclic) bond motifs is 2. The summed E-state index contributed by atoms with van der Waals surface area (Å²) in [6.07, 6.45) is 2.53. The molecule has 0 radical (unpaired) electrons. The summed E-state index contributed by atoms with van der Waals surface area (Å²) in [5.74, 6) is 0. The van der Waals surface area contributed by atoms with Crippen molar-refractivity contribution in [1.29, 1.82) is 0 Å². The second-order valence-corrected chi connectivity index (χ2v) is 8.11. The molecule has 3 heterocycles.